The highest BCUT2D eigenvalue weighted by molar-refractivity contribution is 5.70. The minimum Gasteiger partial charge on any atom is -0.508 e. The number of carbonyl (C=O) groups is 1. The van der Waals surface area contributed by atoms with Crippen molar-refractivity contribution in [3.05, 3.63) is 23.8 Å². The summed E-state index contributed by atoms with van der Waals surface area (Å²) in [6, 6.07) is 5.01. The molecule has 0 heterocycles. The second-order valence-corrected chi connectivity index (χ2v) is 4.55. The van der Waals surface area contributed by atoms with Crippen LogP contribution < -0.4 is 4.74 Å². The lowest BCUT2D eigenvalue weighted by molar-refractivity contribution is -0.141. The molecule has 1 N–H and O–H groups in total. The van der Waals surface area contributed by atoms with E-state index >= 15 is 0 Å². The molecule has 0 saturated heterocycles. The largest absolute Gasteiger partial charge is 0.508 e. The van der Waals surface area contributed by atoms with Crippen molar-refractivity contribution in [2.45, 2.75) is 38.5 Å². The molecule has 19 heavy (non-hydrogen) atoms. The third-order valence-corrected chi connectivity index (χ3v) is 3.20. The lowest BCUT2D eigenvalue weighted by Gasteiger charge is -2.19. The van der Waals surface area contributed by atoms with Gasteiger partial charge in [0.05, 0.1) is 20.6 Å². The number of ether oxygens (including phenoxy) is 2. The molecule has 1 atom stereocenters. The van der Waals surface area contributed by atoms with Crippen LogP contribution in [0.1, 0.15) is 44.1 Å². The van der Waals surface area contributed by atoms with Crippen LogP contribution in [0.4, 0.5) is 0 Å². The lowest BCUT2D eigenvalue weighted by Crippen LogP contribution is -2.10. The van der Waals surface area contributed by atoms with Crippen molar-refractivity contribution < 1.29 is 19.4 Å². The Labute approximate surface area is 114 Å². The van der Waals surface area contributed by atoms with E-state index in [2.05, 4.69) is 6.92 Å². The molecule has 0 amide bonds. The van der Waals surface area contributed by atoms with E-state index in [0.717, 1.165) is 24.8 Å². The van der Waals surface area contributed by atoms with Crippen LogP contribution >= 0.6 is 0 Å². The molecule has 1 aromatic carbocycles. The number of phenols is 1. The number of unbranched alkanes of at least 4 members (excludes halogenated alkanes) is 1. The Morgan fingerprint density at radius 1 is 1.37 bits per heavy atom. The Morgan fingerprint density at radius 2 is 2.11 bits per heavy atom. The van der Waals surface area contributed by atoms with Gasteiger partial charge in [-0.3, -0.25) is 4.79 Å². The molecule has 4 nitrogen and oxygen atoms in total. The van der Waals surface area contributed by atoms with Gasteiger partial charge in [-0.25, -0.2) is 0 Å². The van der Waals surface area contributed by atoms with Crippen molar-refractivity contribution in [3.8, 4) is 11.5 Å². The monoisotopic (exact) mass is 266 g/mol. The van der Waals surface area contributed by atoms with Crippen LogP contribution in [0.5, 0.6) is 11.5 Å². The van der Waals surface area contributed by atoms with Crippen molar-refractivity contribution in [1.82, 2.24) is 0 Å². The SMILES string of the molecule is CCCCC(CC(=O)OC)c1ccc(O)cc1OC. The van der Waals surface area contributed by atoms with E-state index in [-0.39, 0.29) is 17.6 Å². The predicted molar refractivity (Wildman–Crippen MR) is 73.6 cm³/mol. The molecule has 1 rings (SSSR count). The maximum Gasteiger partial charge on any atom is 0.306 e. The third kappa shape index (κ3) is 4.47. The fourth-order valence-electron chi connectivity index (χ4n) is 2.14. The predicted octanol–water partition coefficient (Wildman–Crippen LogP) is 3.24. The van der Waals surface area contributed by atoms with Gasteiger partial charge < -0.3 is 14.6 Å². The zero-order valence-electron chi connectivity index (χ0n) is 11.8. The number of carbonyl (C=O) groups excluding carboxylic acids is 1. The number of hydrogen-bond donors (Lipinski definition) is 1. The summed E-state index contributed by atoms with van der Waals surface area (Å²) < 4.78 is 10.0. The first kappa shape index (κ1) is 15.3. The summed E-state index contributed by atoms with van der Waals surface area (Å²) in [6.45, 7) is 2.11. The molecular weight excluding hydrogens is 244 g/mol. The molecule has 0 spiro atoms. The average molecular weight is 266 g/mol. The van der Waals surface area contributed by atoms with Crippen LogP contribution in [0.15, 0.2) is 18.2 Å². The molecule has 1 unspecified atom stereocenters. The molecule has 0 aromatic heterocycles. The van der Waals surface area contributed by atoms with Crippen LogP contribution in [0.3, 0.4) is 0 Å². The van der Waals surface area contributed by atoms with E-state index in [9.17, 15) is 9.90 Å². The van der Waals surface area contributed by atoms with E-state index in [1.165, 1.54) is 7.11 Å². The highest BCUT2D eigenvalue weighted by atomic mass is 16.5. The van der Waals surface area contributed by atoms with Crippen molar-refractivity contribution in [1.29, 1.82) is 0 Å². The molecule has 0 radical (unpaired) electrons. The smallest absolute Gasteiger partial charge is 0.306 e. The van der Waals surface area contributed by atoms with Gasteiger partial charge in [0.25, 0.3) is 0 Å². The number of esters is 1. The van der Waals surface area contributed by atoms with Crippen molar-refractivity contribution in [3.63, 3.8) is 0 Å². The molecule has 0 bridgehead atoms. The van der Waals surface area contributed by atoms with Gasteiger partial charge in [0, 0.05) is 6.07 Å². The van der Waals surface area contributed by atoms with Gasteiger partial charge in [0.2, 0.25) is 0 Å². The quantitative estimate of drug-likeness (QED) is 0.770. The zero-order valence-corrected chi connectivity index (χ0v) is 11.8. The summed E-state index contributed by atoms with van der Waals surface area (Å²) in [5, 5.41) is 9.48. The molecular formula is C15H22O4. The van der Waals surface area contributed by atoms with E-state index in [0.29, 0.717) is 12.2 Å². The fraction of sp³-hybridized carbons (Fsp3) is 0.533. The van der Waals surface area contributed by atoms with Crippen LogP contribution in [0.25, 0.3) is 0 Å². The lowest BCUT2D eigenvalue weighted by atomic mass is 9.90. The van der Waals surface area contributed by atoms with Gasteiger partial charge in [-0.05, 0) is 24.0 Å². The summed E-state index contributed by atoms with van der Waals surface area (Å²) in [7, 11) is 2.96. The zero-order chi connectivity index (χ0) is 14.3. The van der Waals surface area contributed by atoms with Crippen LogP contribution in [-0.2, 0) is 9.53 Å². The van der Waals surface area contributed by atoms with Gasteiger partial charge in [-0.2, -0.15) is 0 Å². The van der Waals surface area contributed by atoms with Crippen LogP contribution in [0.2, 0.25) is 0 Å². The first-order chi connectivity index (χ1) is 9.12. The Morgan fingerprint density at radius 3 is 2.68 bits per heavy atom. The number of aromatic hydroxyl groups is 1. The standard InChI is InChI=1S/C15H22O4/c1-4-5-6-11(9-15(17)19-3)13-8-7-12(16)10-14(13)18-2/h7-8,10-11,16H,4-6,9H2,1-3H3. The van der Waals surface area contributed by atoms with Crippen LogP contribution in [-0.4, -0.2) is 25.3 Å². The number of methoxy groups -OCH3 is 2. The van der Waals surface area contributed by atoms with Crippen molar-refractivity contribution in [2.24, 2.45) is 0 Å². The van der Waals surface area contributed by atoms with Crippen molar-refractivity contribution in [2.75, 3.05) is 14.2 Å². The number of phenolic OH excluding ortho intramolecular Hbond substituents is 1. The molecule has 4 heteroatoms. The Balaban J connectivity index is 2.98. The topological polar surface area (TPSA) is 55.8 Å². The summed E-state index contributed by atoms with van der Waals surface area (Å²) in [6.07, 6.45) is 3.33. The highest BCUT2D eigenvalue weighted by Crippen LogP contribution is 2.35. The maximum absolute atomic E-state index is 11.5. The fourth-order valence-corrected chi connectivity index (χ4v) is 2.14. The summed E-state index contributed by atoms with van der Waals surface area (Å²) in [5.74, 6) is 0.608. The second kappa shape index (κ2) is 7.67. The number of hydrogen-bond acceptors (Lipinski definition) is 4. The molecule has 0 aliphatic carbocycles. The van der Waals surface area contributed by atoms with Crippen LogP contribution in [0, 0.1) is 0 Å². The normalized spacial score (nSPS) is 11.9. The summed E-state index contributed by atoms with van der Waals surface area (Å²) in [5.41, 5.74) is 0.944. The molecule has 1 aromatic rings. The number of benzene rings is 1. The summed E-state index contributed by atoms with van der Waals surface area (Å²) >= 11 is 0. The van der Waals surface area contributed by atoms with Gasteiger partial charge >= 0.3 is 5.97 Å². The van der Waals surface area contributed by atoms with E-state index in [1.807, 2.05) is 6.07 Å². The van der Waals surface area contributed by atoms with E-state index in [4.69, 9.17) is 9.47 Å². The second-order valence-electron chi connectivity index (χ2n) is 4.55. The Bertz CT molecular complexity index is 415. The van der Waals surface area contributed by atoms with E-state index < -0.39 is 0 Å². The molecule has 0 aliphatic rings. The Kier molecular flexibility index (Phi) is 6.19. The molecule has 0 saturated carbocycles. The van der Waals surface area contributed by atoms with Crippen molar-refractivity contribution >= 4 is 5.97 Å². The van der Waals surface area contributed by atoms with Gasteiger partial charge in [-0.15, -0.1) is 0 Å². The molecule has 0 fully saturated rings. The minimum atomic E-state index is -0.226. The maximum atomic E-state index is 11.5. The first-order valence-electron chi connectivity index (χ1n) is 6.56. The molecule has 106 valence electrons. The Hall–Kier alpha value is -1.71. The average Bonchev–Trinajstić information content (AvgIpc) is 2.43. The first-order valence-corrected chi connectivity index (χ1v) is 6.56. The van der Waals surface area contributed by atoms with E-state index in [1.54, 1.807) is 19.2 Å². The highest BCUT2D eigenvalue weighted by Gasteiger charge is 2.20. The minimum absolute atomic E-state index is 0.0583. The van der Waals surface area contributed by atoms with Gasteiger partial charge in [-0.1, -0.05) is 25.8 Å². The third-order valence-electron chi connectivity index (χ3n) is 3.20. The number of rotatable bonds is 7. The van der Waals surface area contributed by atoms with Gasteiger partial charge in [0.15, 0.2) is 0 Å². The van der Waals surface area contributed by atoms with Gasteiger partial charge in [0.1, 0.15) is 11.5 Å². The molecule has 0 aliphatic heterocycles. The summed E-state index contributed by atoms with van der Waals surface area (Å²) in [4.78, 5) is 11.5.